The molecule has 1 heterocycles. The summed E-state index contributed by atoms with van der Waals surface area (Å²) >= 11 is 1.75. The van der Waals surface area contributed by atoms with Gasteiger partial charge in [-0.1, -0.05) is 6.07 Å². The van der Waals surface area contributed by atoms with E-state index in [2.05, 4.69) is 36.2 Å². The Labute approximate surface area is 104 Å². The summed E-state index contributed by atoms with van der Waals surface area (Å²) in [6.45, 7) is 4.11. The Balaban J connectivity index is 2.43. The van der Waals surface area contributed by atoms with E-state index < -0.39 is 0 Å². The van der Waals surface area contributed by atoms with E-state index in [1.807, 2.05) is 13.0 Å². The number of benzene rings is 2. The normalized spacial score (nSPS) is 11.2. The lowest BCUT2D eigenvalue weighted by atomic mass is 10.2. The van der Waals surface area contributed by atoms with Gasteiger partial charge in [-0.05, 0) is 37.1 Å². The van der Waals surface area contributed by atoms with Crippen LogP contribution in [0.5, 0.6) is 0 Å². The largest absolute Gasteiger partial charge is 0.398 e. The molecular formula is C14H13N2S+. The fourth-order valence-electron chi connectivity index (χ4n) is 1.90. The van der Waals surface area contributed by atoms with Gasteiger partial charge >= 0.3 is 0 Å². The van der Waals surface area contributed by atoms with E-state index in [1.165, 1.54) is 10.3 Å². The SMILES string of the molecule is Cc1ccc2nc3cc(C)c(N)cc3[s+]c2c1. The number of hydrogen-bond acceptors (Lipinski definition) is 2. The van der Waals surface area contributed by atoms with Gasteiger partial charge in [0.2, 0.25) is 11.3 Å². The molecule has 0 aliphatic heterocycles. The number of anilines is 1. The smallest absolute Gasteiger partial charge is 0.259 e. The minimum Gasteiger partial charge on any atom is -0.398 e. The molecule has 0 saturated carbocycles. The topological polar surface area (TPSA) is 38.9 Å². The van der Waals surface area contributed by atoms with Crippen LogP contribution in [0, 0.1) is 13.8 Å². The molecule has 0 radical (unpaired) electrons. The molecular weight excluding hydrogens is 228 g/mol. The Kier molecular flexibility index (Phi) is 2.23. The lowest BCUT2D eigenvalue weighted by Gasteiger charge is -1.98. The summed E-state index contributed by atoms with van der Waals surface area (Å²) < 4.78 is 2.35. The average molecular weight is 241 g/mol. The van der Waals surface area contributed by atoms with Gasteiger partial charge in [-0.25, -0.2) is 4.98 Å². The van der Waals surface area contributed by atoms with Gasteiger partial charge < -0.3 is 5.73 Å². The number of fused-ring (bicyclic) bond motifs is 2. The minimum absolute atomic E-state index is 0.836. The van der Waals surface area contributed by atoms with Crippen molar-refractivity contribution in [1.29, 1.82) is 0 Å². The Bertz CT molecular complexity index is 735. The van der Waals surface area contributed by atoms with Crippen LogP contribution in [0.25, 0.3) is 20.4 Å². The summed E-state index contributed by atoms with van der Waals surface area (Å²) in [5.41, 5.74) is 11.2. The highest BCUT2D eigenvalue weighted by Crippen LogP contribution is 2.29. The van der Waals surface area contributed by atoms with Gasteiger partial charge in [0.15, 0.2) is 0 Å². The molecule has 0 aliphatic rings. The van der Waals surface area contributed by atoms with E-state index in [4.69, 9.17) is 5.73 Å². The molecule has 17 heavy (non-hydrogen) atoms. The van der Waals surface area contributed by atoms with Gasteiger partial charge in [0.05, 0.1) is 0 Å². The van der Waals surface area contributed by atoms with Crippen molar-refractivity contribution >= 4 is 37.5 Å². The molecule has 0 atom stereocenters. The molecule has 0 saturated heterocycles. The predicted molar refractivity (Wildman–Crippen MR) is 75.4 cm³/mol. The fourth-order valence-corrected chi connectivity index (χ4v) is 3.00. The molecule has 0 amide bonds. The highest BCUT2D eigenvalue weighted by Gasteiger charge is 2.13. The molecule has 2 aromatic carbocycles. The van der Waals surface area contributed by atoms with Gasteiger partial charge in [0, 0.05) is 17.8 Å². The zero-order valence-electron chi connectivity index (χ0n) is 9.82. The summed E-state index contributed by atoms with van der Waals surface area (Å²) in [5.74, 6) is 0. The molecule has 3 rings (SSSR count). The summed E-state index contributed by atoms with van der Waals surface area (Å²) in [5, 5.41) is 0. The third-order valence-electron chi connectivity index (χ3n) is 2.92. The average Bonchev–Trinajstić information content (AvgIpc) is 2.28. The Morgan fingerprint density at radius 1 is 1.00 bits per heavy atom. The summed E-state index contributed by atoms with van der Waals surface area (Å²) in [4.78, 5) is 4.68. The molecule has 84 valence electrons. The van der Waals surface area contributed by atoms with E-state index >= 15 is 0 Å². The van der Waals surface area contributed by atoms with Crippen molar-refractivity contribution in [2.24, 2.45) is 0 Å². The quantitative estimate of drug-likeness (QED) is 0.368. The number of aromatic nitrogens is 1. The van der Waals surface area contributed by atoms with Crippen LogP contribution in [-0.2, 0) is 0 Å². The molecule has 1 aromatic heterocycles. The van der Waals surface area contributed by atoms with E-state index in [-0.39, 0.29) is 0 Å². The fraction of sp³-hybridized carbons (Fsp3) is 0.143. The molecule has 0 spiro atoms. The number of nitrogens with zero attached hydrogens (tertiary/aromatic N) is 1. The lowest BCUT2D eigenvalue weighted by Crippen LogP contribution is -1.90. The van der Waals surface area contributed by atoms with Crippen molar-refractivity contribution < 1.29 is 0 Å². The Morgan fingerprint density at radius 2 is 1.76 bits per heavy atom. The molecule has 0 bridgehead atoms. The maximum Gasteiger partial charge on any atom is 0.259 e. The zero-order chi connectivity index (χ0) is 12.0. The number of hydrogen-bond donors (Lipinski definition) is 1. The number of nitrogens with two attached hydrogens (primary N) is 1. The van der Waals surface area contributed by atoms with Crippen molar-refractivity contribution in [3.8, 4) is 0 Å². The summed E-state index contributed by atoms with van der Waals surface area (Å²) in [6, 6.07) is 10.4. The van der Waals surface area contributed by atoms with E-state index in [9.17, 15) is 0 Å². The predicted octanol–water partition coefficient (Wildman–Crippen LogP) is 3.93. The second-order valence-corrected chi connectivity index (χ2v) is 5.45. The summed E-state index contributed by atoms with van der Waals surface area (Å²) in [6.07, 6.45) is 0. The minimum atomic E-state index is 0.836. The zero-order valence-corrected chi connectivity index (χ0v) is 10.6. The van der Waals surface area contributed by atoms with Crippen LogP contribution in [0.1, 0.15) is 11.1 Å². The highest BCUT2D eigenvalue weighted by atomic mass is 32.1. The second kappa shape index (κ2) is 3.64. The van der Waals surface area contributed by atoms with Crippen LogP contribution in [0.2, 0.25) is 0 Å². The van der Waals surface area contributed by atoms with Crippen molar-refractivity contribution in [3.05, 3.63) is 41.5 Å². The molecule has 3 heteroatoms. The molecule has 2 nitrogen and oxygen atoms in total. The van der Waals surface area contributed by atoms with Crippen molar-refractivity contribution in [1.82, 2.24) is 4.98 Å². The Morgan fingerprint density at radius 3 is 2.59 bits per heavy atom. The van der Waals surface area contributed by atoms with Crippen LogP contribution in [-0.4, -0.2) is 4.98 Å². The van der Waals surface area contributed by atoms with E-state index in [1.54, 1.807) is 11.3 Å². The number of aryl methyl sites for hydroxylation is 2. The first-order valence-electron chi connectivity index (χ1n) is 5.54. The van der Waals surface area contributed by atoms with Crippen LogP contribution in [0.4, 0.5) is 5.69 Å². The van der Waals surface area contributed by atoms with Gasteiger partial charge in [0.1, 0.15) is 11.0 Å². The van der Waals surface area contributed by atoms with Crippen LogP contribution < -0.4 is 5.73 Å². The second-order valence-electron chi connectivity index (χ2n) is 4.36. The van der Waals surface area contributed by atoms with E-state index in [0.29, 0.717) is 0 Å². The van der Waals surface area contributed by atoms with Crippen molar-refractivity contribution in [3.63, 3.8) is 0 Å². The molecule has 0 unspecified atom stereocenters. The first-order chi connectivity index (χ1) is 8.13. The standard InChI is InChI=1S/C14H13N2S/c1-8-3-4-11-13(5-8)17-14-7-10(15)9(2)6-12(14)16-11/h3-7H,15H2,1-2H3/q+1. The maximum absolute atomic E-state index is 5.94. The van der Waals surface area contributed by atoms with Crippen molar-refractivity contribution in [2.45, 2.75) is 13.8 Å². The first kappa shape index (κ1) is 10.4. The van der Waals surface area contributed by atoms with Crippen molar-refractivity contribution in [2.75, 3.05) is 5.73 Å². The maximum atomic E-state index is 5.94. The monoisotopic (exact) mass is 241 g/mol. The third-order valence-corrected chi connectivity index (χ3v) is 4.02. The molecule has 0 aliphatic carbocycles. The van der Waals surface area contributed by atoms with Gasteiger partial charge in [-0.3, -0.25) is 0 Å². The first-order valence-corrected chi connectivity index (χ1v) is 6.35. The van der Waals surface area contributed by atoms with E-state index in [0.717, 1.165) is 27.0 Å². The van der Waals surface area contributed by atoms with Crippen LogP contribution in [0.3, 0.4) is 0 Å². The van der Waals surface area contributed by atoms with Crippen LogP contribution >= 0.6 is 11.3 Å². The highest BCUT2D eigenvalue weighted by molar-refractivity contribution is 7.24. The summed E-state index contributed by atoms with van der Waals surface area (Å²) in [7, 11) is 0. The molecule has 2 N–H and O–H groups in total. The van der Waals surface area contributed by atoms with Gasteiger partial charge in [-0.15, -0.1) is 0 Å². The molecule has 3 aromatic rings. The Hall–Kier alpha value is -1.74. The lowest BCUT2D eigenvalue weighted by molar-refractivity contribution is 1.44. The molecule has 0 fully saturated rings. The number of rotatable bonds is 0. The van der Waals surface area contributed by atoms with Gasteiger partial charge in [-0.2, -0.15) is 0 Å². The van der Waals surface area contributed by atoms with Crippen LogP contribution in [0.15, 0.2) is 30.3 Å². The van der Waals surface area contributed by atoms with Gasteiger partial charge in [0.25, 0.3) is 9.40 Å². The number of nitrogen functional groups attached to an aromatic ring is 1. The third kappa shape index (κ3) is 1.72.